The molecule has 0 saturated carbocycles. The van der Waals surface area contributed by atoms with Crippen LogP contribution in [-0.2, 0) is 57.2 Å². The van der Waals surface area contributed by atoms with Crippen molar-refractivity contribution < 1.29 is 71.4 Å². The molecular formula is C57H74O15. The molecule has 0 spiro atoms. The number of rotatable bonds is 38. The lowest BCUT2D eigenvalue weighted by Gasteiger charge is -2.18. The third kappa shape index (κ3) is 29.3. The maximum atomic E-state index is 12.9. The first kappa shape index (κ1) is 59.4. The average molecular weight is 999 g/mol. The van der Waals surface area contributed by atoms with Gasteiger partial charge in [0, 0.05) is 37.5 Å². The van der Waals surface area contributed by atoms with E-state index in [1.165, 1.54) is 39.6 Å². The van der Waals surface area contributed by atoms with Crippen LogP contribution >= 0.6 is 0 Å². The van der Waals surface area contributed by atoms with Crippen LogP contribution < -0.4 is 14.2 Å². The Kier molecular flexibility index (Phi) is 31.2. The van der Waals surface area contributed by atoms with E-state index < -0.39 is 41.9 Å². The van der Waals surface area contributed by atoms with Crippen LogP contribution in [0.15, 0.2) is 91.0 Å². The number of carbonyl (C=O) groups excluding carboxylic acids is 6. The van der Waals surface area contributed by atoms with Gasteiger partial charge in [-0.3, -0.25) is 14.4 Å². The Morgan fingerprint density at radius 3 is 0.958 bits per heavy atom. The molecule has 0 bridgehead atoms. The van der Waals surface area contributed by atoms with Crippen LogP contribution in [0.5, 0.6) is 17.2 Å². The van der Waals surface area contributed by atoms with Crippen LogP contribution in [0.1, 0.15) is 132 Å². The minimum Gasteiger partial charge on any atom is -0.494 e. The number of esters is 6. The molecule has 3 aromatic carbocycles. The molecule has 72 heavy (non-hydrogen) atoms. The molecule has 0 aliphatic rings. The largest absolute Gasteiger partial charge is 0.494 e. The second-order valence-corrected chi connectivity index (χ2v) is 16.9. The van der Waals surface area contributed by atoms with E-state index in [2.05, 4.69) is 14.2 Å². The summed E-state index contributed by atoms with van der Waals surface area (Å²) >= 11 is 0. The van der Waals surface area contributed by atoms with Crippen LogP contribution in [-0.4, -0.2) is 96.3 Å². The van der Waals surface area contributed by atoms with Crippen LogP contribution in [0.25, 0.3) is 18.2 Å². The van der Waals surface area contributed by atoms with Crippen molar-refractivity contribution in [2.24, 2.45) is 0 Å². The lowest BCUT2D eigenvalue weighted by atomic mass is 10.1. The highest BCUT2D eigenvalue weighted by molar-refractivity contribution is 5.88. The molecule has 0 unspecified atom stereocenters. The molecule has 0 fully saturated rings. The van der Waals surface area contributed by atoms with Crippen LogP contribution in [0.2, 0.25) is 0 Å². The van der Waals surface area contributed by atoms with Crippen molar-refractivity contribution in [1.29, 1.82) is 0 Å². The summed E-state index contributed by atoms with van der Waals surface area (Å²) in [5.41, 5.74) is 2.58. The molecule has 3 aromatic rings. The summed E-state index contributed by atoms with van der Waals surface area (Å²) < 4.78 is 48.0. The van der Waals surface area contributed by atoms with E-state index >= 15 is 0 Å². The molecule has 0 aliphatic heterocycles. The van der Waals surface area contributed by atoms with Crippen molar-refractivity contribution in [3.63, 3.8) is 0 Å². The number of methoxy groups -OCH3 is 3. The second-order valence-electron chi connectivity index (χ2n) is 16.9. The second kappa shape index (κ2) is 37.9. The molecule has 0 heterocycles. The molecule has 15 nitrogen and oxygen atoms in total. The molecule has 0 atom stereocenters. The first-order valence-corrected chi connectivity index (χ1v) is 25.0. The van der Waals surface area contributed by atoms with E-state index in [0.717, 1.165) is 111 Å². The summed E-state index contributed by atoms with van der Waals surface area (Å²) in [5.74, 6) is -0.270. The van der Waals surface area contributed by atoms with Gasteiger partial charge in [0.05, 0.1) is 41.2 Å². The van der Waals surface area contributed by atoms with Gasteiger partial charge in [0.25, 0.3) is 0 Å². The zero-order valence-corrected chi connectivity index (χ0v) is 42.4. The maximum absolute atomic E-state index is 12.9. The number of hydrogen-bond acceptors (Lipinski definition) is 15. The molecule has 392 valence electrons. The summed E-state index contributed by atoms with van der Waals surface area (Å²) in [7, 11) is 4.00. The molecule has 0 aromatic heterocycles. The fourth-order valence-electron chi connectivity index (χ4n) is 6.87. The van der Waals surface area contributed by atoms with E-state index in [1.54, 1.807) is 18.2 Å². The quantitative estimate of drug-likeness (QED) is 0.0228. The average Bonchev–Trinajstić information content (AvgIpc) is 3.40. The number of ether oxygens (including phenoxy) is 9. The molecule has 0 amide bonds. The highest BCUT2D eigenvalue weighted by Gasteiger charge is 2.19. The van der Waals surface area contributed by atoms with Gasteiger partial charge >= 0.3 is 35.8 Å². The minimum atomic E-state index is -0.916. The topological polar surface area (TPSA) is 185 Å². The van der Waals surface area contributed by atoms with Gasteiger partial charge in [0.15, 0.2) is 6.10 Å². The summed E-state index contributed by atoms with van der Waals surface area (Å²) in [5, 5.41) is 0. The Hall–Kier alpha value is -6.90. The van der Waals surface area contributed by atoms with Gasteiger partial charge in [-0.15, -0.1) is 0 Å². The highest BCUT2D eigenvalue weighted by atomic mass is 16.6. The van der Waals surface area contributed by atoms with Gasteiger partial charge in [0.1, 0.15) is 30.5 Å². The van der Waals surface area contributed by atoms with Gasteiger partial charge in [-0.2, -0.15) is 0 Å². The summed E-state index contributed by atoms with van der Waals surface area (Å²) in [6.45, 7) is 1.27. The number of hydrogen-bond donors (Lipinski definition) is 0. The lowest BCUT2D eigenvalue weighted by Crippen LogP contribution is -2.30. The minimum absolute atomic E-state index is 0.187. The van der Waals surface area contributed by atoms with Crippen molar-refractivity contribution in [3.05, 3.63) is 108 Å². The molecule has 0 radical (unpaired) electrons. The number of unbranched alkanes of at least 4 members (excludes halogenated alkanes) is 12. The third-order valence-electron chi connectivity index (χ3n) is 11.0. The van der Waals surface area contributed by atoms with Crippen molar-refractivity contribution in [2.75, 3.05) is 54.4 Å². The predicted octanol–water partition coefficient (Wildman–Crippen LogP) is 10.8. The van der Waals surface area contributed by atoms with Gasteiger partial charge in [0.2, 0.25) is 0 Å². The predicted molar refractivity (Wildman–Crippen MR) is 274 cm³/mol. The summed E-state index contributed by atoms with van der Waals surface area (Å²) in [6.07, 6.45) is 21.4. The van der Waals surface area contributed by atoms with Gasteiger partial charge in [-0.05, 0) is 110 Å². The standard InChI is InChI=1S/C57H74O15/c1-64-52(58)37-28-45-22-31-48(32-23-45)67-40-16-10-4-7-13-19-55(61)70-43-51(72-57(63)21-15-9-6-12-18-42-69-50-35-26-47(27-36-50)30-39-54(60)66-3)44-71-56(62)20-14-8-5-11-17-41-68-49-33-24-46(25-34-49)29-38-53(59)65-2/h22-39,51H,4-21,40-44H2,1-3H3. The Labute approximate surface area is 425 Å². The first-order chi connectivity index (χ1) is 35.1. The fraction of sp³-hybridized carbons (Fsp3) is 0.474. The van der Waals surface area contributed by atoms with Gasteiger partial charge in [-0.1, -0.05) is 94.2 Å². The van der Waals surface area contributed by atoms with Crippen molar-refractivity contribution in [3.8, 4) is 17.2 Å². The normalized spacial score (nSPS) is 11.5. The number of benzene rings is 3. The molecule has 3 rings (SSSR count). The zero-order chi connectivity index (χ0) is 51.9. The maximum Gasteiger partial charge on any atom is 0.330 e. The summed E-state index contributed by atoms with van der Waals surface area (Å²) in [4.78, 5) is 72.1. The van der Waals surface area contributed by atoms with E-state index in [0.29, 0.717) is 39.1 Å². The molecule has 0 aliphatic carbocycles. The van der Waals surface area contributed by atoms with Crippen molar-refractivity contribution in [1.82, 2.24) is 0 Å². The van der Waals surface area contributed by atoms with Gasteiger partial charge in [-0.25, -0.2) is 14.4 Å². The zero-order valence-electron chi connectivity index (χ0n) is 42.4. The summed E-state index contributed by atoms with van der Waals surface area (Å²) in [6, 6.07) is 22.3. The Balaban J connectivity index is 1.31. The highest BCUT2D eigenvalue weighted by Crippen LogP contribution is 2.18. The van der Waals surface area contributed by atoms with E-state index in [-0.39, 0.29) is 32.5 Å². The third-order valence-corrected chi connectivity index (χ3v) is 11.0. The van der Waals surface area contributed by atoms with E-state index in [4.69, 9.17) is 28.4 Å². The fourth-order valence-corrected chi connectivity index (χ4v) is 6.87. The van der Waals surface area contributed by atoms with Crippen LogP contribution in [0.3, 0.4) is 0 Å². The Morgan fingerprint density at radius 2 is 0.653 bits per heavy atom. The monoisotopic (exact) mass is 999 g/mol. The van der Waals surface area contributed by atoms with Crippen molar-refractivity contribution in [2.45, 2.75) is 122 Å². The van der Waals surface area contributed by atoms with E-state index in [9.17, 15) is 28.8 Å². The Morgan fingerprint density at radius 1 is 0.375 bits per heavy atom. The number of carbonyl (C=O) groups is 6. The van der Waals surface area contributed by atoms with Crippen molar-refractivity contribution >= 4 is 54.0 Å². The molecule has 0 N–H and O–H groups in total. The first-order valence-electron chi connectivity index (χ1n) is 25.0. The smallest absolute Gasteiger partial charge is 0.330 e. The van der Waals surface area contributed by atoms with Gasteiger partial charge < -0.3 is 42.6 Å². The Bertz CT molecular complexity index is 2010. The SMILES string of the molecule is COC(=O)C=Cc1ccc(OCCCCCCCC(=O)OCC(COC(=O)CCCCCCCOc2ccc(C=CC(=O)OC)cc2)OC(=O)CCCCCCCOc2ccc(C=CC(=O)OC)cc2)cc1. The van der Waals surface area contributed by atoms with Crippen LogP contribution in [0.4, 0.5) is 0 Å². The van der Waals surface area contributed by atoms with E-state index in [1.807, 2.05) is 72.8 Å². The molecule has 0 saturated heterocycles. The lowest BCUT2D eigenvalue weighted by molar-refractivity contribution is -0.167. The molecular weight excluding hydrogens is 925 g/mol. The molecule has 15 heteroatoms. The van der Waals surface area contributed by atoms with Crippen LogP contribution in [0, 0.1) is 0 Å².